The van der Waals surface area contributed by atoms with Crippen LogP contribution in [0.4, 0.5) is 11.5 Å². The van der Waals surface area contributed by atoms with E-state index in [1.54, 1.807) is 16.9 Å². The van der Waals surface area contributed by atoms with E-state index in [9.17, 15) is 10.1 Å². The van der Waals surface area contributed by atoms with E-state index in [1.807, 2.05) is 12.3 Å². The molecular formula is C13H12N6O2. The number of nitrogens with zero attached hydrogens (tertiary/aromatic N) is 5. The predicted octanol–water partition coefficient (Wildman–Crippen LogP) is 1.85. The van der Waals surface area contributed by atoms with Crippen molar-refractivity contribution in [2.24, 2.45) is 0 Å². The van der Waals surface area contributed by atoms with E-state index < -0.39 is 4.92 Å². The Morgan fingerprint density at radius 1 is 1.33 bits per heavy atom. The second kappa shape index (κ2) is 5.53. The normalized spacial score (nSPS) is 10.7. The number of aromatic nitrogens is 4. The molecule has 0 amide bonds. The number of fused-ring (bicyclic) bond motifs is 1. The Bertz CT molecular complexity index is 771. The lowest BCUT2D eigenvalue weighted by Crippen LogP contribution is -2.12. The lowest BCUT2D eigenvalue weighted by molar-refractivity contribution is -0.384. The first-order valence-corrected chi connectivity index (χ1v) is 6.34. The standard InChI is InChI=1S/C13H12N6O2/c20-19(21)10-2-3-12-11(8-10)13(16-9-15-12)14-5-7-18-6-1-4-17-18/h1-4,6,8-9H,5,7H2,(H,14,15,16). The number of nitrogens with one attached hydrogen (secondary N) is 1. The maximum Gasteiger partial charge on any atom is 0.270 e. The maximum atomic E-state index is 10.9. The van der Waals surface area contributed by atoms with Crippen LogP contribution in [0.1, 0.15) is 0 Å². The van der Waals surface area contributed by atoms with Gasteiger partial charge >= 0.3 is 0 Å². The summed E-state index contributed by atoms with van der Waals surface area (Å²) in [6.45, 7) is 1.28. The van der Waals surface area contributed by atoms with E-state index >= 15 is 0 Å². The number of anilines is 1. The molecule has 3 rings (SSSR count). The van der Waals surface area contributed by atoms with Crippen LogP contribution >= 0.6 is 0 Å². The predicted molar refractivity (Wildman–Crippen MR) is 76.9 cm³/mol. The Hall–Kier alpha value is -3.03. The number of nitro benzene ring substituents is 1. The van der Waals surface area contributed by atoms with Crippen LogP contribution in [0.2, 0.25) is 0 Å². The van der Waals surface area contributed by atoms with Gasteiger partial charge in [-0.05, 0) is 12.1 Å². The van der Waals surface area contributed by atoms with Crippen molar-refractivity contribution < 1.29 is 4.92 Å². The lowest BCUT2D eigenvalue weighted by atomic mass is 10.2. The summed E-state index contributed by atoms with van der Waals surface area (Å²) in [4.78, 5) is 18.7. The Kier molecular flexibility index (Phi) is 3.42. The van der Waals surface area contributed by atoms with Crippen LogP contribution in [0.25, 0.3) is 10.9 Å². The molecule has 0 saturated heterocycles. The smallest absolute Gasteiger partial charge is 0.270 e. The molecule has 0 spiro atoms. The van der Waals surface area contributed by atoms with Gasteiger partial charge in [-0.2, -0.15) is 5.10 Å². The summed E-state index contributed by atoms with van der Waals surface area (Å²) >= 11 is 0. The van der Waals surface area contributed by atoms with Gasteiger partial charge in [-0.25, -0.2) is 9.97 Å². The Balaban J connectivity index is 1.83. The molecule has 0 saturated carbocycles. The average Bonchev–Trinajstić information content (AvgIpc) is 3.00. The van der Waals surface area contributed by atoms with Crippen LogP contribution in [-0.4, -0.2) is 31.2 Å². The van der Waals surface area contributed by atoms with E-state index in [4.69, 9.17) is 0 Å². The second-order valence-electron chi connectivity index (χ2n) is 4.38. The molecule has 2 heterocycles. The number of hydrogen-bond acceptors (Lipinski definition) is 6. The molecule has 0 aliphatic heterocycles. The van der Waals surface area contributed by atoms with Crippen LogP contribution in [0.15, 0.2) is 43.0 Å². The van der Waals surface area contributed by atoms with Crippen LogP contribution in [0.3, 0.4) is 0 Å². The summed E-state index contributed by atoms with van der Waals surface area (Å²) in [5.41, 5.74) is 0.685. The molecule has 2 aromatic heterocycles. The molecule has 0 aliphatic carbocycles. The molecule has 1 N–H and O–H groups in total. The first-order chi connectivity index (χ1) is 10.2. The maximum absolute atomic E-state index is 10.9. The van der Waals surface area contributed by atoms with Gasteiger partial charge < -0.3 is 5.32 Å². The van der Waals surface area contributed by atoms with Gasteiger partial charge in [0.25, 0.3) is 5.69 Å². The minimum atomic E-state index is -0.431. The Morgan fingerprint density at radius 2 is 2.24 bits per heavy atom. The monoisotopic (exact) mass is 284 g/mol. The summed E-state index contributed by atoms with van der Waals surface area (Å²) in [6, 6.07) is 6.38. The zero-order valence-corrected chi connectivity index (χ0v) is 11.0. The third-order valence-corrected chi connectivity index (χ3v) is 3.02. The second-order valence-corrected chi connectivity index (χ2v) is 4.38. The molecule has 106 valence electrons. The SMILES string of the molecule is O=[N+]([O-])c1ccc2ncnc(NCCn3cccn3)c2c1. The van der Waals surface area contributed by atoms with Crippen molar-refractivity contribution in [3.63, 3.8) is 0 Å². The minimum Gasteiger partial charge on any atom is -0.368 e. The highest BCUT2D eigenvalue weighted by Gasteiger charge is 2.10. The zero-order chi connectivity index (χ0) is 14.7. The van der Waals surface area contributed by atoms with Gasteiger partial charge in [0.2, 0.25) is 0 Å². The van der Waals surface area contributed by atoms with Crippen molar-refractivity contribution in [1.29, 1.82) is 0 Å². The van der Waals surface area contributed by atoms with Gasteiger partial charge in [0.1, 0.15) is 12.1 Å². The number of nitro groups is 1. The summed E-state index contributed by atoms with van der Waals surface area (Å²) < 4.78 is 1.79. The van der Waals surface area contributed by atoms with Crippen molar-refractivity contribution in [3.05, 3.63) is 53.1 Å². The summed E-state index contributed by atoms with van der Waals surface area (Å²) in [5.74, 6) is 0.579. The molecule has 0 bridgehead atoms. The third-order valence-electron chi connectivity index (χ3n) is 3.02. The van der Waals surface area contributed by atoms with E-state index in [0.29, 0.717) is 29.8 Å². The van der Waals surface area contributed by atoms with E-state index in [-0.39, 0.29) is 5.69 Å². The summed E-state index contributed by atoms with van der Waals surface area (Å²) in [5, 5.41) is 18.7. The topological polar surface area (TPSA) is 98.8 Å². The van der Waals surface area contributed by atoms with Gasteiger partial charge in [-0.15, -0.1) is 0 Å². The quantitative estimate of drug-likeness (QED) is 0.567. The number of hydrogen-bond donors (Lipinski definition) is 1. The first-order valence-electron chi connectivity index (χ1n) is 6.34. The molecule has 8 heteroatoms. The van der Waals surface area contributed by atoms with Crippen molar-refractivity contribution in [2.45, 2.75) is 6.54 Å². The molecule has 0 atom stereocenters. The lowest BCUT2D eigenvalue weighted by Gasteiger charge is -2.08. The fourth-order valence-corrected chi connectivity index (χ4v) is 2.02. The Labute approximate surface area is 119 Å². The minimum absolute atomic E-state index is 0.0208. The molecule has 3 aromatic rings. The van der Waals surface area contributed by atoms with Gasteiger partial charge in [-0.1, -0.05) is 0 Å². The van der Waals surface area contributed by atoms with Gasteiger partial charge in [-0.3, -0.25) is 14.8 Å². The molecule has 1 aromatic carbocycles. The average molecular weight is 284 g/mol. The molecule has 8 nitrogen and oxygen atoms in total. The zero-order valence-electron chi connectivity index (χ0n) is 11.0. The molecular weight excluding hydrogens is 272 g/mol. The number of benzene rings is 1. The van der Waals surface area contributed by atoms with E-state index in [1.165, 1.54) is 18.5 Å². The van der Waals surface area contributed by atoms with Gasteiger partial charge in [0.05, 0.1) is 17.0 Å². The third kappa shape index (κ3) is 2.78. The van der Waals surface area contributed by atoms with E-state index in [2.05, 4.69) is 20.4 Å². The summed E-state index contributed by atoms with van der Waals surface area (Å²) in [6.07, 6.45) is 5.01. The highest BCUT2D eigenvalue weighted by molar-refractivity contribution is 5.90. The van der Waals surface area contributed by atoms with Crippen molar-refractivity contribution in [2.75, 3.05) is 11.9 Å². The molecule has 0 radical (unpaired) electrons. The summed E-state index contributed by atoms with van der Waals surface area (Å²) in [7, 11) is 0. The Morgan fingerprint density at radius 3 is 3.00 bits per heavy atom. The highest BCUT2D eigenvalue weighted by Crippen LogP contribution is 2.23. The van der Waals surface area contributed by atoms with Crippen molar-refractivity contribution in [1.82, 2.24) is 19.7 Å². The molecule has 0 aliphatic rings. The van der Waals surface area contributed by atoms with Crippen molar-refractivity contribution in [3.8, 4) is 0 Å². The van der Waals surface area contributed by atoms with Crippen LogP contribution in [-0.2, 0) is 6.54 Å². The van der Waals surface area contributed by atoms with Crippen molar-refractivity contribution >= 4 is 22.4 Å². The number of non-ortho nitro benzene ring substituents is 1. The molecule has 0 fully saturated rings. The molecule has 21 heavy (non-hydrogen) atoms. The van der Waals surface area contributed by atoms with Gasteiger partial charge in [0, 0.05) is 36.5 Å². The fourth-order valence-electron chi connectivity index (χ4n) is 2.02. The largest absolute Gasteiger partial charge is 0.368 e. The van der Waals surface area contributed by atoms with Gasteiger partial charge in [0.15, 0.2) is 0 Å². The highest BCUT2D eigenvalue weighted by atomic mass is 16.6. The first kappa shape index (κ1) is 13.0. The van der Waals surface area contributed by atoms with Crippen LogP contribution in [0, 0.1) is 10.1 Å². The number of rotatable bonds is 5. The van der Waals surface area contributed by atoms with Crippen LogP contribution in [0.5, 0.6) is 0 Å². The molecule has 0 unspecified atom stereocenters. The fraction of sp³-hybridized carbons (Fsp3) is 0.154. The van der Waals surface area contributed by atoms with Crippen LogP contribution < -0.4 is 5.32 Å². The van der Waals surface area contributed by atoms with E-state index in [0.717, 1.165) is 0 Å².